The number of aliphatic carboxylic acids is 1. The average molecular weight is 426 g/mol. The van der Waals surface area contributed by atoms with Crippen LogP contribution in [0, 0.1) is 0 Å². The number of hydrogen-bond acceptors (Lipinski definition) is 7. The second-order valence-corrected chi connectivity index (χ2v) is 6.43. The van der Waals surface area contributed by atoms with Gasteiger partial charge in [-0.1, -0.05) is 6.07 Å². The van der Waals surface area contributed by atoms with E-state index in [1.807, 2.05) is 0 Å². The number of nitrogens with two attached hydrogens (primary N) is 1. The number of halogens is 1. The molecule has 0 heterocycles. The van der Waals surface area contributed by atoms with Gasteiger partial charge in [0.1, 0.15) is 11.3 Å². The maximum absolute atomic E-state index is 12.0. The number of phenolic OH excluding ortho intramolecular Hbond substituents is 2. The van der Waals surface area contributed by atoms with Crippen LogP contribution in [0.4, 0.5) is 0 Å². The Kier molecular flexibility index (Phi) is 8.75. The van der Waals surface area contributed by atoms with E-state index in [2.05, 4.69) is 0 Å². The van der Waals surface area contributed by atoms with Crippen LogP contribution in [0.2, 0.25) is 0 Å². The number of carboxylic acids is 1. The summed E-state index contributed by atoms with van der Waals surface area (Å²) in [5, 5.41) is 28.4. The van der Waals surface area contributed by atoms with Gasteiger partial charge in [0.25, 0.3) is 0 Å². The maximum Gasteiger partial charge on any atom is 0.338 e. The van der Waals surface area contributed by atoms with Crippen molar-refractivity contribution in [2.24, 2.45) is 5.73 Å². The van der Waals surface area contributed by atoms with Crippen molar-refractivity contribution in [1.29, 1.82) is 0 Å². The monoisotopic (exact) mass is 425 g/mol. The Morgan fingerprint density at radius 3 is 2.28 bits per heavy atom. The minimum Gasteiger partial charge on any atom is -0.504 e. The molecule has 0 saturated carbocycles. The summed E-state index contributed by atoms with van der Waals surface area (Å²) in [5.41, 5.74) is 5.25. The molecule has 29 heavy (non-hydrogen) atoms. The van der Waals surface area contributed by atoms with E-state index in [1.165, 1.54) is 25.3 Å². The maximum atomic E-state index is 12.0. The van der Waals surface area contributed by atoms with Crippen LogP contribution < -0.4 is 10.5 Å². The number of carboxylic acid groups (broad SMARTS) is 1. The molecule has 2 aromatic rings. The zero-order valence-electron chi connectivity index (χ0n) is 15.8. The summed E-state index contributed by atoms with van der Waals surface area (Å²) < 4.78 is 10.2. The normalized spacial score (nSPS) is 12.3. The lowest BCUT2D eigenvalue weighted by molar-refractivity contribution is -0.143. The fourth-order valence-corrected chi connectivity index (χ4v) is 2.68. The number of aromatic hydroxyl groups is 2. The molecule has 0 aliphatic carbocycles. The highest BCUT2D eigenvalue weighted by Crippen LogP contribution is 2.27. The molecule has 0 aliphatic heterocycles. The summed E-state index contributed by atoms with van der Waals surface area (Å²) >= 11 is 0. The molecular weight excluding hydrogens is 402 g/mol. The van der Waals surface area contributed by atoms with Crippen LogP contribution in [-0.4, -0.2) is 46.5 Å². The molecular formula is C20H24ClNO7. The Labute approximate surface area is 174 Å². The molecule has 0 aliphatic rings. The van der Waals surface area contributed by atoms with Gasteiger partial charge in [-0.15, -0.1) is 12.4 Å². The molecule has 5 N–H and O–H groups in total. The minimum atomic E-state index is -1.60. The van der Waals surface area contributed by atoms with E-state index in [4.69, 9.17) is 15.2 Å². The predicted octanol–water partition coefficient (Wildman–Crippen LogP) is 2.49. The molecule has 0 amide bonds. The lowest BCUT2D eigenvalue weighted by atomic mass is 9.87. The largest absolute Gasteiger partial charge is 0.504 e. The predicted molar refractivity (Wildman–Crippen MR) is 108 cm³/mol. The van der Waals surface area contributed by atoms with Crippen molar-refractivity contribution in [3.05, 3.63) is 53.6 Å². The van der Waals surface area contributed by atoms with Gasteiger partial charge >= 0.3 is 11.9 Å². The average Bonchev–Trinajstić information content (AvgIpc) is 2.68. The Hall–Kier alpha value is -2.97. The first-order chi connectivity index (χ1) is 13.2. The SMILES string of the molecule is COc1ccc(C(=O)OCCC[C@](N)(Cc2ccc(O)c(O)c2)C(=O)O)cc1.Cl. The number of methoxy groups -OCH3 is 1. The smallest absolute Gasteiger partial charge is 0.338 e. The molecule has 0 aromatic heterocycles. The van der Waals surface area contributed by atoms with Gasteiger partial charge in [-0.05, 0) is 54.8 Å². The van der Waals surface area contributed by atoms with E-state index in [1.54, 1.807) is 24.3 Å². The molecule has 0 fully saturated rings. The fraction of sp³-hybridized carbons (Fsp3) is 0.300. The van der Waals surface area contributed by atoms with Crippen LogP contribution in [0.15, 0.2) is 42.5 Å². The Balaban J connectivity index is 0.00000420. The number of carbonyl (C=O) groups is 2. The Morgan fingerprint density at radius 1 is 1.07 bits per heavy atom. The molecule has 158 valence electrons. The molecule has 1 atom stereocenters. The summed E-state index contributed by atoms with van der Waals surface area (Å²) in [6.07, 6.45) is 0.247. The van der Waals surface area contributed by atoms with Crippen LogP contribution in [-0.2, 0) is 16.0 Å². The number of phenols is 2. The van der Waals surface area contributed by atoms with Crippen molar-refractivity contribution < 1.29 is 34.4 Å². The highest BCUT2D eigenvalue weighted by Gasteiger charge is 2.34. The van der Waals surface area contributed by atoms with Crippen molar-refractivity contribution >= 4 is 24.3 Å². The summed E-state index contributed by atoms with van der Waals surface area (Å²) in [6, 6.07) is 10.4. The van der Waals surface area contributed by atoms with Crippen LogP contribution >= 0.6 is 12.4 Å². The van der Waals surface area contributed by atoms with E-state index in [0.29, 0.717) is 16.9 Å². The van der Waals surface area contributed by atoms with Crippen molar-refractivity contribution in [3.63, 3.8) is 0 Å². The van der Waals surface area contributed by atoms with E-state index < -0.39 is 17.5 Å². The first kappa shape index (κ1) is 24.1. The molecule has 0 unspecified atom stereocenters. The molecule has 0 spiro atoms. The summed E-state index contributed by atoms with van der Waals surface area (Å²) in [7, 11) is 1.52. The van der Waals surface area contributed by atoms with Crippen molar-refractivity contribution in [2.45, 2.75) is 24.8 Å². The van der Waals surface area contributed by atoms with E-state index in [9.17, 15) is 24.9 Å². The highest BCUT2D eigenvalue weighted by molar-refractivity contribution is 5.89. The Morgan fingerprint density at radius 2 is 1.72 bits per heavy atom. The van der Waals surface area contributed by atoms with Crippen molar-refractivity contribution in [2.75, 3.05) is 13.7 Å². The van der Waals surface area contributed by atoms with Gasteiger partial charge in [0.2, 0.25) is 0 Å². The third-order valence-corrected chi connectivity index (χ3v) is 4.31. The third kappa shape index (κ3) is 6.55. The Bertz CT molecular complexity index is 841. The number of hydrogen-bond donors (Lipinski definition) is 4. The molecule has 0 saturated heterocycles. The van der Waals surface area contributed by atoms with Gasteiger partial charge in [0.05, 0.1) is 19.3 Å². The van der Waals surface area contributed by atoms with Crippen molar-refractivity contribution in [1.82, 2.24) is 0 Å². The molecule has 0 radical (unpaired) electrons. The summed E-state index contributed by atoms with van der Waals surface area (Å²) in [5.74, 6) is -1.76. The number of carbonyl (C=O) groups excluding carboxylic acids is 1. The number of benzene rings is 2. The van der Waals surface area contributed by atoms with Crippen molar-refractivity contribution in [3.8, 4) is 17.2 Å². The van der Waals surface area contributed by atoms with E-state index >= 15 is 0 Å². The standard InChI is InChI=1S/C20H23NO7.ClH/c1-27-15-6-4-14(5-7-15)18(24)28-10-2-9-20(21,19(25)26)12-13-3-8-16(22)17(23)11-13;/h3-8,11,22-23H,2,9-10,12,21H2,1H3,(H,25,26);1H/t20-;/m0./s1. The molecule has 0 bridgehead atoms. The minimum absolute atomic E-state index is 0. The van der Waals surface area contributed by atoms with Crippen LogP contribution in [0.25, 0.3) is 0 Å². The van der Waals surface area contributed by atoms with Crippen LogP contribution in [0.1, 0.15) is 28.8 Å². The highest BCUT2D eigenvalue weighted by atomic mass is 35.5. The van der Waals surface area contributed by atoms with Gasteiger partial charge in [0.15, 0.2) is 11.5 Å². The van der Waals surface area contributed by atoms with Gasteiger partial charge in [0, 0.05) is 6.42 Å². The van der Waals surface area contributed by atoms with E-state index in [-0.39, 0.29) is 49.8 Å². The summed E-state index contributed by atoms with van der Waals surface area (Å²) in [6.45, 7) is 0.0118. The second-order valence-electron chi connectivity index (χ2n) is 6.43. The molecule has 9 heteroatoms. The molecule has 8 nitrogen and oxygen atoms in total. The number of esters is 1. The zero-order valence-corrected chi connectivity index (χ0v) is 16.6. The number of ether oxygens (including phenoxy) is 2. The van der Waals surface area contributed by atoms with E-state index in [0.717, 1.165) is 0 Å². The first-order valence-corrected chi connectivity index (χ1v) is 8.59. The fourth-order valence-electron chi connectivity index (χ4n) is 2.68. The topological polar surface area (TPSA) is 139 Å². The second kappa shape index (κ2) is 10.5. The first-order valence-electron chi connectivity index (χ1n) is 8.59. The van der Waals surface area contributed by atoms with Gasteiger partial charge < -0.3 is 30.5 Å². The lowest BCUT2D eigenvalue weighted by Crippen LogP contribution is -2.50. The van der Waals surface area contributed by atoms with Gasteiger partial charge in [-0.2, -0.15) is 0 Å². The van der Waals surface area contributed by atoms with Gasteiger partial charge in [-0.25, -0.2) is 4.79 Å². The lowest BCUT2D eigenvalue weighted by Gasteiger charge is -2.25. The summed E-state index contributed by atoms with van der Waals surface area (Å²) in [4.78, 5) is 23.6. The van der Waals surface area contributed by atoms with Gasteiger partial charge in [-0.3, -0.25) is 4.79 Å². The quantitative estimate of drug-likeness (QED) is 0.273. The van der Waals surface area contributed by atoms with Crippen LogP contribution in [0.3, 0.4) is 0 Å². The molecule has 2 aromatic carbocycles. The zero-order chi connectivity index (χ0) is 20.7. The number of rotatable bonds is 9. The van der Waals surface area contributed by atoms with Crippen LogP contribution in [0.5, 0.6) is 17.2 Å². The third-order valence-electron chi connectivity index (χ3n) is 4.31. The molecule has 2 rings (SSSR count).